The number of halogens is 4. The van der Waals surface area contributed by atoms with E-state index in [-0.39, 0.29) is 6.04 Å². The van der Waals surface area contributed by atoms with Crippen LogP contribution in [0.4, 0.5) is 0 Å². The highest BCUT2D eigenvalue weighted by atomic mass is 79.9. The van der Waals surface area contributed by atoms with E-state index < -0.39 is 0 Å². The molecule has 2 rings (SSSR count). The molecule has 0 radical (unpaired) electrons. The smallest absolute Gasteiger partial charge is 0.0761 e. The van der Waals surface area contributed by atoms with Gasteiger partial charge in [-0.15, -0.1) is 11.3 Å². The van der Waals surface area contributed by atoms with Gasteiger partial charge in [-0.1, -0.05) is 24.6 Å². The highest BCUT2D eigenvalue weighted by molar-refractivity contribution is 9.12. The predicted molar refractivity (Wildman–Crippen MR) is 99.0 cm³/mol. The maximum atomic E-state index is 6.09. The number of hydrogen-bond acceptors (Lipinski definition) is 2. The SMILES string of the molecule is CCCNC(c1ccc(Cl)c(Br)c1)c1cc(Br)sc1Br. The van der Waals surface area contributed by atoms with Crippen LogP contribution in [-0.2, 0) is 0 Å². The second-order valence-electron chi connectivity index (χ2n) is 4.34. The van der Waals surface area contributed by atoms with Crippen molar-refractivity contribution in [3.05, 3.63) is 52.5 Å². The summed E-state index contributed by atoms with van der Waals surface area (Å²) in [5.74, 6) is 0. The molecule has 6 heteroatoms. The van der Waals surface area contributed by atoms with Crippen LogP contribution in [0.1, 0.15) is 30.5 Å². The Morgan fingerprint density at radius 3 is 2.55 bits per heavy atom. The third-order valence-electron chi connectivity index (χ3n) is 2.87. The van der Waals surface area contributed by atoms with Crippen molar-refractivity contribution in [2.45, 2.75) is 19.4 Å². The van der Waals surface area contributed by atoms with E-state index in [0.29, 0.717) is 0 Å². The molecule has 20 heavy (non-hydrogen) atoms. The van der Waals surface area contributed by atoms with Gasteiger partial charge in [-0.05, 0) is 90.1 Å². The van der Waals surface area contributed by atoms with Gasteiger partial charge in [0.2, 0.25) is 0 Å². The third-order valence-corrected chi connectivity index (χ3v) is 6.47. The van der Waals surface area contributed by atoms with E-state index in [1.54, 1.807) is 11.3 Å². The lowest BCUT2D eigenvalue weighted by Crippen LogP contribution is -2.23. The van der Waals surface area contributed by atoms with Gasteiger partial charge in [-0.3, -0.25) is 0 Å². The molecule has 0 aliphatic carbocycles. The summed E-state index contributed by atoms with van der Waals surface area (Å²) in [6.07, 6.45) is 1.09. The van der Waals surface area contributed by atoms with E-state index in [9.17, 15) is 0 Å². The summed E-state index contributed by atoms with van der Waals surface area (Å²) >= 11 is 18.5. The Morgan fingerprint density at radius 1 is 1.25 bits per heavy atom. The average molecular weight is 502 g/mol. The Bertz CT molecular complexity index is 600. The van der Waals surface area contributed by atoms with E-state index in [1.165, 1.54) is 11.1 Å². The second-order valence-corrected chi connectivity index (χ2v) is 9.35. The van der Waals surface area contributed by atoms with Crippen molar-refractivity contribution >= 4 is 70.7 Å². The van der Waals surface area contributed by atoms with Gasteiger partial charge in [0.1, 0.15) is 0 Å². The number of benzene rings is 1. The highest BCUT2D eigenvalue weighted by Crippen LogP contribution is 2.39. The summed E-state index contributed by atoms with van der Waals surface area (Å²) in [7, 11) is 0. The van der Waals surface area contributed by atoms with Crippen LogP contribution >= 0.6 is 70.7 Å². The van der Waals surface area contributed by atoms with Crippen LogP contribution in [0.5, 0.6) is 0 Å². The zero-order valence-corrected chi connectivity index (χ0v) is 17.1. The zero-order chi connectivity index (χ0) is 14.7. The van der Waals surface area contributed by atoms with Crippen molar-refractivity contribution in [3.8, 4) is 0 Å². The Labute approximate surface area is 153 Å². The van der Waals surface area contributed by atoms with Crippen molar-refractivity contribution in [1.29, 1.82) is 0 Å². The monoisotopic (exact) mass is 499 g/mol. The maximum absolute atomic E-state index is 6.09. The molecule has 0 saturated heterocycles. The summed E-state index contributed by atoms with van der Waals surface area (Å²) in [4.78, 5) is 0. The van der Waals surface area contributed by atoms with Gasteiger partial charge < -0.3 is 5.32 Å². The van der Waals surface area contributed by atoms with E-state index >= 15 is 0 Å². The van der Waals surface area contributed by atoms with Crippen LogP contribution in [0.15, 0.2) is 36.3 Å². The molecule has 2 aromatic rings. The summed E-state index contributed by atoms with van der Waals surface area (Å²) in [5.41, 5.74) is 2.44. The fraction of sp³-hybridized carbons (Fsp3) is 0.286. The molecule has 0 spiro atoms. The Balaban J connectivity index is 2.41. The maximum Gasteiger partial charge on any atom is 0.0761 e. The summed E-state index contributed by atoms with van der Waals surface area (Å²) < 4.78 is 3.19. The minimum Gasteiger partial charge on any atom is -0.306 e. The van der Waals surface area contributed by atoms with Gasteiger partial charge in [0.25, 0.3) is 0 Å². The van der Waals surface area contributed by atoms with Gasteiger partial charge in [0, 0.05) is 4.47 Å². The van der Waals surface area contributed by atoms with Crippen LogP contribution < -0.4 is 5.32 Å². The van der Waals surface area contributed by atoms with Crippen LogP contribution in [0.3, 0.4) is 0 Å². The lowest BCUT2D eigenvalue weighted by molar-refractivity contribution is 0.598. The molecule has 1 nitrogen and oxygen atoms in total. The number of rotatable bonds is 5. The molecule has 1 N–H and O–H groups in total. The van der Waals surface area contributed by atoms with E-state index in [2.05, 4.69) is 78.2 Å². The van der Waals surface area contributed by atoms with Gasteiger partial charge in [0.05, 0.1) is 18.6 Å². The van der Waals surface area contributed by atoms with E-state index in [1.807, 2.05) is 6.07 Å². The van der Waals surface area contributed by atoms with Crippen LogP contribution in [0.2, 0.25) is 5.02 Å². The molecular formula is C14H13Br3ClNS. The van der Waals surface area contributed by atoms with Crippen LogP contribution in [0, 0.1) is 0 Å². The Morgan fingerprint density at radius 2 is 2.00 bits per heavy atom. The fourth-order valence-electron chi connectivity index (χ4n) is 1.94. The molecule has 1 atom stereocenters. The molecule has 0 aliphatic heterocycles. The minimum absolute atomic E-state index is 0.153. The normalized spacial score (nSPS) is 12.7. The van der Waals surface area contributed by atoms with Crippen LogP contribution in [0.25, 0.3) is 0 Å². The average Bonchev–Trinajstić information content (AvgIpc) is 2.73. The first-order chi connectivity index (χ1) is 9.52. The van der Waals surface area contributed by atoms with E-state index in [4.69, 9.17) is 11.6 Å². The van der Waals surface area contributed by atoms with Crippen molar-refractivity contribution in [2.75, 3.05) is 6.54 Å². The van der Waals surface area contributed by atoms with Crippen LogP contribution in [-0.4, -0.2) is 6.54 Å². The van der Waals surface area contributed by atoms with Crippen molar-refractivity contribution in [3.63, 3.8) is 0 Å². The lowest BCUT2D eigenvalue weighted by atomic mass is 10.0. The van der Waals surface area contributed by atoms with E-state index in [0.717, 1.165) is 30.0 Å². The predicted octanol–water partition coefficient (Wildman–Crippen LogP) is 6.78. The molecular weight excluding hydrogens is 489 g/mol. The first-order valence-corrected chi connectivity index (χ1v) is 9.73. The van der Waals surface area contributed by atoms with Gasteiger partial charge in [-0.25, -0.2) is 0 Å². The van der Waals surface area contributed by atoms with Gasteiger partial charge in [-0.2, -0.15) is 0 Å². The molecule has 1 unspecified atom stereocenters. The Hall–Kier alpha value is 0.610. The molecule has 0 saturated carbocycles. The highest BCUT2D eigenvalue weighted by Gasteiger charge is 2.19. The Kier molecular flexibility index (Phi) is 6.57. The molecule has 0 amide bonds. The summed E-state index contributed by atoms with van der Waals surface area (Å²) in [6.45, 7) is 3.13. The molecule has 1 heterocycles. The second kappa shape index (κ2) is 7.75. The topological polar surface area (TPSA) is 12.0 Å². The molecule has 1 aromatic heterocycles. The quantitative estimate of drug-likeness (QED) is 0.476. The minimum atomic E-state index is 0.153. The fourth-order valence-corrected chi connectivity index (χ4v) is 5.35. The molecule has 0 fully saturated rings. The largest absolute Gasteiger partial charge is 0.306 e. The third kappa shape index (κ3) is 4.08. The first kappa shape index (κ1) is 17.0. The molecule has 0 bridgehead atoms. The van der Waals surface area contributed by atoms with Crippen molar-refractivity contribution in [2.24, 2.45) is 0 Å². The van der Waals surface area contributed by atoms with Gasteiger partial charge >= 0.3 is 0 Å². The number of hydrogen-bond donors (Lipinski definition) is 1. The van der Waals surface area contributed by atoms with Crippen molar-refractivity contribution < 1.29 is 0 Å². The standard InChI is InChI=1S/C14H13Br3ClNS/c1-2-5-19-13(9-7-12(16)20-14(9)17)8-3-4-11(18)10(15)6-8/h3-4,6-7,13,19H,2,5H2,1H3. The van der Waals surface area contributed by atoms with Crippen molar-refractivity contribution in [1.82, 2.24) is 5.32 Å². The number of nitrogens with one attached hydrogen (secondary N) is 1. The molecule has 0 aliphatic rings. The summed E-state index contributed by atoms with van der Waals surface area (Å²) in [5, 5.41) is 4.32. The lowest BCUT2D eigenvalue weighted by Gasteiger charge is -2.19. The number of thiophene rings is 1. The van der Waals surface area contributed by atoms with Gasteiger partial charge in [0.15, 0.2) is 0 Å². The first-order valence-electron chi connectivity index (χ1n) is 6.16. The zero-order valence-electron chi connectivity index (χ0n) is 10.7. The summed E-state index contributed by atoms with van der Waals surface area (Å²) in [6, 6.07) is 8.38. The molecule has 108 valence electrons. The molecule has 1 aromatic carbocycles.